The highest BCUT2D eigenvalue weighted by Crippen LogP contribution is 2.00. The molecule has 0 aliphatic carbocycles. The zero-order valence-electron chi connectivity index (χ0n) is 8.65. The summed E-state index contributed by atoms with van der Waals surface area (Å²) < 4.78 is 4.86. The second-order valence-electron chi connectivity index (χ2n) is 3.70. The molecular weight excluding hydrogens is 184 g/mol. The van der Waals surface area contributed by atoms with Gasteiger partial charge in [-0.2, -0.15) is 0 Å². The fourth-order valence-electron chi connectivity index (χ4n) is 1.73. The van der Waals surface area contributed by atoms with Crippen molar-refractivity contribution >= 4 is 0 Å². The molecule has 0 bridgehead atoms. The topological polar surface area (TPSA) is 65.0 Å². The molecule has 0 amide bonds. The summed E-state index contributed by atoms with van der Waals surface area (Å²) >= 11 is 0. The van der Waals surface area contributed by atoms with Crippen LogP contribution in [0.5, 0.6) is 0 Å². The van der Waals surface area contributed by atoms with Crippen molar-refractivity contribution in [1.82, 2.24) is 10.2 Å². The highest BCUT2D eigenvalue weighted by Gasteiger charge is 2.20. The van der Waals surface area contributed by atoms with E-state index in [1.165, 1.54) is 0 Å². The first-order valence-electron chi connectivity index (χ1n) is 5.00. The zero-order chi connectivity index (χ0) is 10.4. The van der Waals surface area contributed by atoms with Crippen molar-refractivity contribution in [3.63, 3.8) is 0 Å². The first-order chi connectivity index (χ1) is 6.76. The number of rotatable bonds is 5. The van der Waals surface area contributed by atoms with Gasteiger partial charge in [0.15, 0.2) is 0 Å². The Morgan fingerprint density at radius 2 is 2.43 bits per heavy atom. The summed E-state index contributed by atoms with van der Waals surface area (Å²) in [6.07, 6.45) is -0.433. The SMILES string of the molecule is COC[C@@H](O)CN1CCN[C@H](CO)C1. The summed E-state index contributed by atoms with van der Waals surface area (Å²) in [6, 6.07) is 0.137. The van der Waals surface area contributed by atoms with Crippen LogP contribution >= 0.6 is 0 Å². The van der Waals surface area contributed by atoms with Crippen molar-refractivity contribution in [2.45, 2.75) is 12.1 Å². The van der Waals surface area contributed by atoms with Crippen molar-refractivity contribution in [2.24, 2.45) is 0 Å². The van der Waals surface area contributed by atoms with Crippen LogP contribution in [0.15, 0.2) is 0 Å². The Morgan fingerprint density at radius 3 is 3.07 bits per heavy atom. The van der Waals surface area contributed by atoms with E-state index in [0.717, 1.165) is 19.6 Å². The van der Waals surface area contributed by atoms with Crippen molar-refractivity contribution < 1.29 is 14.9 Å². The van der Waals surface area contributed by atoms with Gasteiger partial charge >= 0.3 is 0 Å². The fourth-order valence-corrected chi connectivity index (χ4v) is 1.73. The van der Waals surface area contributed by atoms with Gasteiger partial charge in [-0.15, -0.1) is 0 Å². The van der Waals surface area contributed by atoms with E-state index in [9.17, 15) is 5.11 Å². The quantitative estimate of drug-likeness (QED) is 0.496. The lowest BCUT2D eigenvalue weighted by molar-refractivity contribution is 0.0277. The summed E-state index contributed by atoms with van der Waals surface area (Å²) in [6.45, 7) is 3.70. The van der Waals surface area contributed by atoms with Gasteiger partial charge in [0.2, 0.25) is 0 Å². The predicted octanol–water partition coefficient (Wildman–Crippen LogP) is -1.74. The Morgan fingerprint density at radius 1 is 1.64 bits per heavy atom. The normalized spacial score (nSPS) is 26.4. The molecule has 5 heteroatoms. The molecule has 5 nitrogen and oxygen atoms in total. The van der Waals surface area contributed by atoms with Gasteiger partial charge in [0.25, 0.3) is 0 Å². The Kier molecular flexibility index (Phi) is 5.36. The van der Waals surface area contributed by atoms with Crippen LogP contribution in [0.2, 0.25) is 0 Å². The van der Waals surface area contributed by atoms with Crippen LogP contribution in [0.25, 0.3) is 0 Å². The Bertz CT molecular complexity index is 157. The number of ether oxygens (including phenoxy) is 1. The molecule has 2 atom stereocenters. The van der Waals surface area contributed by atoms with Crippen LogP contribution in [0.1, 0.15) is 0 Å². The van der Waals surface area contributed by atoms with Gasteiger partial charge in [0, 0.05) is 39.3 Å². The molecule has 3 N–H and O–H groups in total. The molecule has 14 heavy (non-hydrogen) atoms. The highest BCUT2D eigenvalue weighted by atomic mass is 16.5. The van der Waals surface area contributed by atoms with Gasteiger partial charge < -0.3 is 20.3 Å². The predicted molar refractivity (Wildman–Crippen MR) is 53.2 cm³/mol. The number of β-amino-alcohol motifs (C(OH)–C–C–N with tert-alkyl or cyclic N) is 1. The molecule has 1 aliphatic heterocycles. The second-order valence-corrected chi connectivity index (χ2v) is 3.70. The van der Waals surface area contributed by atoms with Crippen LogP contribution in [0.4, 0.5) is 0 Å². The molecule has 0 aromatic heterocycles. The Hall–Kier alpha value is -0.200. The van der Waals surface area contributed by atoms with Crippen LogP contribution < -0.4 is 5.32 Å². The number of methoxy groups -OCH3 is 1. The Labute approximate surface area is 84.7 Å². The first kappa shape index (κ1) is 11.9. The van der Waals surface area contributed by atoms with Crippen LogP contribution in [0.3, 0.4) is 0 Å². The van der Waals surface area contributed by atoms with Crippen molar-refractivity contribution in [3.8, 4) is 0 Å². The summed E-state index contributed by atoms with van der Waals surface area (Å²) in [7, 11) is 1.58. The van der Waals surface area contributed by atoms with E-state index in [0.29, 0.717) is 13.2 Å². The number of hydrogen-bond acceptors (Lipinski definition) is 5. The average Bonchev–Trinajstić information content (AvgIpc) is 2.18. The van der Waals surface area contributed by atoms with E-state index in [2.05, 4.69) is 10.2 Å². The van der Waals surface area contributed by atoms with E-state index < -0.39 is 6.10 Å². The minimum absolute atomic E-state index is 0.137. The summed E-state index contributed by atoms with van der Waals surface area (Å²) in [4.78, 5) is 2.14. The van der Waals surface area contributed by atoms with Gasteiger partial charge in [0.1, 0.15) is 0 Å². The van der Waals surface area contributed by atoms with Crippen LogP contribution in [0, 0.1) is 0 Å². The lowest BCUT2D eigenvalue weighted by Crippen LogP contribution is -2.54. The maximum atomic E-state index is 9.51. The third kappa shape index (κ3) is 3.89. The maximum absolute atomic E-state index is 9.51. The molecule has 84 valence electrons. The molecule has 0 saturated carbocycles. The number of nitrogens with zero attached hydrogens (tertiary/aromatic N) is 1. The number of hydrogen-bond donors (Lipinski definition) is 3. The largest absolute Gasteiger partial charge is 0.395 e. The Balaban J connectivity index is 2.22. The molecule has 1 fully saturated rings. The molecular formula is C9H20N2O3. The standard InChI is InChI=1S/C9H20N2O3/c1-14-7-9(13)5-11-3-2-10-8(4-11)6-12/h8-10,12-13H,2-7H2,1H3/t8-,9-/m0/s1. The van der Waals surface area contributed by atoms with Crippen LogP contribution in [-0.4, -0.2) is 73.8 Å². The van der Waals surface area contributed by atoms with E-state index >= 15 is 0 Å². The lowest BCUT2D eigenvalue weighted by Gasteiger charge is -2.33. The molecule has 0 unspecified atom stereocenters. The fraction of sp³-hybridized carbons (Fsp3) is 1.00. The third-order valence-electron chi connectivity index (χ3n) is 2.39. The zero-order valence-corrected chi connectivity index (χ0v) is 8.65. The summed E-state index contributed by atoms with van der Waals surface area (Å²) in [5.41, 5.74) is 0. The van der Waals surface area contributed by atoms with Crippen LogP contribution in [-0.2, 0) is 4.74 Å². The van der Waals surface area contributed by atoms with E-state index in [4.69, 9.17) is 9.84 Å². The van der Waals surface area contributed by atoms with E-state index in [1.807, 2.05) is 0 Å². The van der Waals surface area contributed by atoms with Gasteiger partial charge in [0.05, 0.1) is 19.3 Å². The number of piperazine rings is 1. The molecule has 0 aromatic carbocycles. The van der Waals surface area contributed by atoms with Gasteiger partial charge in [-0.1, -0.05) is 0 Å². The lowest BCUT2D eigenvalue weighted by atomic mass is 10.2. The molecule has 1 saturated heterocycles. The molecule has 0 spiro atoms. The smallest absolute Gasteiger partial charge is 0.0900 e. The second kappa shape index (κ2) is 6.31. The van der Waals surface area contributed by atoms with Crippen molar-refractivity contribution in [3.05, 3.63) is 0 Å². The number of aliphatic hydroxyl groups excluding tert-OH is 2. The average molecular weight is 204 g/mol. The first-order valence-corrected chi connectivity index (χ1v) is 5.00. The minimum Gasteiger partial charge on any atom is -0.395 e. The molecule has 0 aromatic rings. The van der Waals surface area contributed by atoms with E-state index in [-0.39, 0.29) is 12.6 Å². The number of nitrogens with one attached hydrogen (secondary N) is 1. The molecule has 0 radical (unpaired) electrons. The van der Waals surface area contributed by atoms with Gasteiger partial charge in [-0.05, 0) is 0 Å². The van der Waals surface area contributed by atoms with Crippen molar-refractivity contribution in [2.75, 3.05) is 46.5 Å². The summed E-state index contributed by atoms with van der Waals surface area (Å²) in [5.74, 6) is 0. The monoisotopic (exact) mass is 204 g/mol. The molecule has 1 rings (SSSR count). The van der Waals surface area contributed by atoms with Crippen molar-refractivity contribution in [1.29, 1.82) is 0 Å². The minimum atomic E-state index is -0.433. The highest BCUT2D eigenvalue weighted by molar-refractivity contribution is 4.79. The third-order valence-corrected chi connectivity index (χ3v) is 2.39. The van der Waals surface area contributed by atoms with E-state index in [1.54, 1.807) is 7.11 Å². The summed E-state index contributed by atoms with van der Waals surface area (Å²) in [5, 5.41) is 21.7. The molecule has 1 aliphatic rings. The number of aliphatic hydroxyl groups is 2. The maximum Gasteiger partial charge on any atom is 0.0900 e. The van der Waals surface area contributed by atoms with Gasteiger partial charge in [-0.3, -0.25) is 4.90 Å². The van der Waals surface area contributed by atoms with Gasteiger partial charge in [-0.25, -0.2) is 0 Å². The molecule has 1 heterocycles.